The number of nitrogens with two attached hydrogens (primary N) is 1. The molecule has 0 aliphatic carbocycles. The van der Waals surface area contributed by atoms with Gasteiger partial charge in [0.2, 0.25) is 6.21 Å². The molecule has 1 heterocycles. The second-order valence-corrected chi connectivity index (χ2v) is 3.82. The van der Waals surface area contributed by atoms with Gasteiger partial charge in [-0.05, 0) is 20.8 Å². The van der Waals surface area contributed by atoms with Crippen molar-refractivity contribution in [1.29, 1.82) is 0 Å². The summed E-state index contributed by atoms with van der Waals surface area (Å²) in [6.45, 7) is 5.39. The van der Waals surface area contributed by atoms with Gasteiger partial charge in [0.25, 0.3) is 0 Å². The van der Waals surface area contributed by atoms with E-state index in [9.17, 15) is 4.79 Å². The number of carbonyl (C=O) groups is 1. The predicted octanol–water partition coefficient (Wildman–Crippen LogP) is 0.332. The van der Waals surface area contributed by atoms with E-state index in [-0.39, 0.29) is 6.04 Å². The highest BCUT2D eigenvalue weighted by molar-refractivity contribution is 5.89. The summed E-state index contributed by atoms with van der Waals surface area (Å²) in [5.74, 6) is 0. The van der Waals surface area contributed by atoms with Crippen molar-refractivity contribution in [3.8, 4) is 0 Å². The van der Waals surface area contributed by atoms with E-state index in [2.05, 4.69) is 5.10 Å². The minimum atomic E-state index is -0.507. The summed E-state index contributed by atoms with van der Waals surface area (Å²) in [6, 6.07) is -0.299. The zero-order valence-electron chi connectivity index (χ0n) is 8.02. The number of nitrogens with zero attached hydrogens (tertiary/aromatic N) is 2. The lowest BCUT2D eigenvalue weighted by Gasteiger charge is -2.14. The van der Waals surface area contributed by atoms with Crippen LogP contribution in [0, 0.1) is 0 Å². The molecule has 0 spiro atoms. The summed E-state index contributed by atoms with van der Waals surface area (Å²) in [5.41, 5.74) is 4.97. The van der Waals surface area contributed by atoms with Crippen molar-refractivity contribution in [3.63, 3.8) is 0 Å². The van der Waals surface area contributed by atoms with E-state index < -0.39 is 11.7 Å². The van der Waals surface area contributed by atoms with E-state index in [1.54, 1.807) is 20.8 Å². The van der Waals surface area contributed by atoms with E-state index >= 15 is 0 Å². The summed E-state index contributed by atoms with van der Waals surface area (Å²) in [6.07, 6.45) is 2.47. The molecule has 5 heteroatoms. The van der Waals surface area contributed by atoms with Crippen LogP contribution < -0.4 is 5.73 Å². The van der Waals surface area contributed by atoms with Gasteiger partial charge in [-0.2, -0.15) is 4.79 Å². The van der Waals surface area contributed by atoms with E-state index in [0.29, 0.717) is 0 Å². The fourth-order valence-corrected chi connectivity index (χ4v) is 0.806. The Hall–Kier alpha value is -1.23. The second kappa shape index (κ2) is 3.26. The first-order valence-corrected chi connectivity index (χ1v) is 4.05. The summed E-state index contributed by atoms with van der Waals surface area (Å²) in [7, 11) is 0. The van der Waals surface area contributed by atoms with E-state index in [4.69, 9.17) is 10.5 Å². The molecule has 72 valence electrons. The first-order chi connectivity index (χ1) is 5.88. The van der Waals surface area contributed by atoms with Gasteiger partial charge >= 0.3 is 6.09 Å². The fraction of sp³-hybridized carbons (Fsp3) is 0.625. The van der Waals surface area contributed by atoms with Crippen molar-refractivity contribution < 1.29 is 14.2 Å². The molecule has 1 rings (SSSR count). The minimum Gasteiger partial charge on any atom is -0.404 e. The van der Waals surface area contributed by atoms with Gasteiger partial charge in [-0.3, -0.25) is 0 Å². The van der Waals surface area contributed by atoms with Crippen molar-refractivity contribution >= 4 is 18.5 Å². The Kier molecular flexibility index (Phi) is 2.47. The molecular weight excluding hydrogens is 170 g/mol. The standard InChI is InChI=1S/C8H14N3O2/c1-8(2,3)13-7(12)11-5-6(9)4-10-11/h4-6H,9H2,1-3H3/q+1. The van der Waals surface area contributed by atoms with Crippen molar-refractivity contribution in [2.75, 3.05) is 0 Å². The molecule has 2 N–H and O–H groups in total. The van der Waals surface area contributed by atoms with Gasteiger partial charge in [-0.1, -0.05) is 0 Å². The largest absolute Gasteiger partial charge is 0.628 e. The molecular formula is C8H14N3O2+. The first kappa shape index (κ1) is 9.85. The third kappa shape index (κ3) is 2.95. The topological polar surface area (TPSA) is 67.7 Å². The zero-order valence-corrected chi connectivity index (χ0v) is 8.02. The summed E-state index contributed by atoms with van der Waals surface area (Å²) < 4.78 is 6.16. The number of hydrogen-bond donors (Lipinski definition) is 1. The van der Waals surface area contributed by atoms with E-state index in [1.807, 2.05) is 0 Å². The lowest BCUT2D eigenvalue weighted by molar-refractivity contribution is -0.447. The maximum atomic E-state index is 11.3. The number of amides is 1. The van der Waals surface area contributed by atoms with Crippen molar-refractivity contribution in [3.05, 3.63) is 0 Å². The Bertz CT molecular complexity index is 276. The SMILES string of the molecule is CC(C)(C)OC(=O)[N+]1=CC(N)C=N1. The molecule has 0 fully saturated rings. The maximum absolute atomic E-state index is 11.3. The van der Waals surface area contributed by atoms with Crippen LogP contribution in [-0.4, -0.2) is 34.8 Å². The Morgan fingerprint density at radius 2 is 2.23 bits per heavy atom. The molecule has 1 amide bonds. The predicted molar refractivity (Wildman–Crippen MR) is 49.0 cm³/mol. The van der Waals surface area contributed by atoms with Gasteiger partial charge in [0.15, 0.2) is 0 Å². The molecule has 0 radical (unpaired) electrons. The minimum absolute atomic E-state index is 0.299. The van der Waals surface area contributed by atoms with Crippen LogP contribution in [0.5, 0.6) is 0 Å². The normalized spacial score (nSPS) is 21.5. The number of hydrogen-bond acceptors (Lipinski definition) is 4. The van der Waals surface area contributed by atoms with Crippen molar-refractivity contribution in [1.82, 2.24) is 0 Å². The lowest BCUT2D eigenvalue weighted by atomic mass is 10.2. The molecule has 13 heavy (non-hydrogen) atoms. The van der Waals surface area contributed by atoms with Gasteiger partial charge in [0.05, 0.1) is 6.21 Å². The molecule has 0 saturated heterocycles. The number of carbonyl (C=O) groups excluding carboxylic acids is 1. The summed E-state index contributed by atoms with van der Waals surface area (Å²) >= 11 is 0. The summed E-state index contributed by atoms with van der Waals surface area (Å²) in [4.78, 5) is 11.3. The second-order valence-electron chi connectivity index (χ2n) is 3.82. The molecule has 0 bridgehead atoms. The molecule has 1 aliphatic rings. The van der Waals surface area contributed by atoms with Crippen LogP contribution in [0.2, 0.25) is 0 Å². The molecule has 0 aromatic rings. The molecule has 0 aromatic carbocycles. The molecule has 5 nitrogen and oxygen atoms in total. The molecule has 0 aromatic heterocycles. The van der Waals surface area contributed by atoms with Crippen LogP contribution in [0.3, 0.4) is 0 Å². The van der Waals surface area contributed by atoms with Crippen LogP contribution in [-0.2, 0) is 4.74 Å². The Morgan fingerprint density at radius 1 is 1.62 bits per heavy atom. The average molecular weight is 184 g/mol. The van der Waals surface area contributed by atoms with Gasteiger partial charge in [-0.25, -0.2) is 0 Å². The van der Waals surface area contributed by atoms with Gasteiger partial charge in [0.1, 0.15) is 11.6 Å². The Morgan fingerprint density at radius 3 is 2.62 bits per heavy atom. The molecule has 1 unspecified atom stereocenters. The highest BCUT2D eigenvalue weighted by Gasteiger charge is 2.30. The van der Waals surface area contributed by atoms with Crippen LogP contribution in [0.15, 0.2) is 5.10 Å². The zero-order chi connectivity index (χ0) is 10.1. The van der Waals surface area contributed by atoms with Crippen LogP contribution in [0.25, 0.3) is 0 Å². The van der Waals surface area contributed by atoms with E-state index in [1.165, 1.54) is 12.4 Å². The number of rotatable bonds is 0. The van der Waals surface area contributed by atoms with Crippen molar-refractivity contribution in [2.45, 2.75) is 32.4 Å². The quantitative estimate of drug-likeness (QED) is 0.552. The highest BCUT2D eigenvalue weighted by Crippen LogP contribution is 2.08. The molecule has 1 atom stereocenters. The lowest BCUT2D eigenvalue weighted by Crippen LogP contribution is -2.29. The van der Waals surface area contributed by atoms with Crippen LogP contribution in [0.4, 0.5) is 4.79 Å². The fourth-order valence-electron chi connectivity index (χ4n) is 0.806. The van der Waals surface area contributed by atoms with Crippen LogP contribution in [0.1, 0.15) is 20.8 Å². The Labute approximate surface area is 76.9 Å². The summed E-state index contributed by atoms with van der Waals surface area (Å²) in [5, 5.41) is 3.75. The number of ether oxygens (including phenoxy) is 1. The van der Waals surface area contributed by atoms with Crippen LogP contribution >= 0.6 is 0 Å². The third-order valence-corrected chi connectivity index (χ3v) is 1.26. The average Bonchev–Trinajstić information content (AvgIpc) is 2.31. The third-order valence-electron chi connectivity index (χ3n) is 1.26. The van der Waals surface area contributed by atoms with Gasteiger partial charge in [-0.15, -0.1) is 0 Å². The van der Waals surface area contributed by atoms with Gasteiger partial charge in [0, 0.05) is 9.79 Å². The highest BCUT2D eigenvalue weighted by atomic mass is 16.6. The Balaban J connectivity index is 2.60. The van der Waals surface area contributed by atoms with Gasteiger partial charge < -0.3 is 10.5 Å². The smallest absolute Gasteiger partial charge is 0.404 e. The maximum Gasteiger partial charge on any atom is 0.628 e. The molecule has 0 saturated carbocycles. The van der Waals surface area contributed by atoms with E-state index in [0.717, 1.165) is 4.68 Å². The first-order valence-electron chi connectivity index (χ1n) is 4.05. The molecule has 1 aliphatic heterocycles. The number of hydrazone groups is 1. The van der Waals surface area contributed by atoms with Crippen molar-refractivity contribution in [2.24, 2.45) is 10.8 Å². The monoisotopic (exact) mass is 184 g/mol.